The lowest BCUT2D eigenvalue weighted by Crippen LogP contribution is -2.40. The number of amides is 1. The van der Waals surface area contributed by atoms with Gasteiger partial charge in [0.05, 0.1) is 23.8 Å². The summed E-state index contributed by atoms with van der Waals surface area (Å²) in [6.07, 6.45) is 0. The Labute approximate surface area is 105 Å². The summed E-state index contributed by atoms with van der Waals surface area (Å²) in [7, 11) is 0. The molecule has 0 atom stereocenters. The number of hydrogen-bond acceptors (Lipinski definition) is 3. The molecule has 1 saturated heterocycles. The molecule has 0 spiro atoms. The number of aromatic hydroxyl groups is 1. The Bertz CT molecular complexity index is 442. The van der Waals surface area contributed by atoms with E-state index < -0.39 is 0 Å². The Morgan fingerprint density at radius 3 is 2.71 bits per heavy atom. The van der Waals surface area contributed by atoms with Crippen molar-refractivity contribution in [1.82, 2.24) is 4.90 Å². The first-order valence-electron chi connectivity index (χ1n) is 5.46. The van der Waals surface area contributed by atoms with Crippen LogP contribution in [0.15, 0.2) is 12.1 Å². The van der Waals surface area contributed by atoms with Crippen molar-refractivity contribution in [2.45, 2.75) is 6.92 Å². The maximum atomic E-state index is 12.2. The molecule has 0 unspecified atom stereocenters. The molecule has 92 valence electrons. The molecule has 0 aliphatic carbocycles. The van der Waals surface area contributed by atoms with Crippen LogP contribution in [0.5, 0.6) is 5.75 Å². The number of morpholine rings is 1. The Morgan fingerprint density at radius 1 is 1.41 bits per heavy atom. The van der Waals surface area contributed by atoms with Gasteiger partial charge in [-0.05, 0) is 19.1 Å². The van der Waals surface area contributed by atoms with Gasteiger partial charge >= 0.3 is 0 Å². The summed E-state index contributed by atoms with van der Waals surface area (Å²) in [5.74, 6) is -0.00470. The van der Waals surface area contributed by atoms with Crippen molar-refractivity contribution < 1.29 is 14.6 Å². The van der Waals surface area contributed by atoms with E-state index in [1.54, 1.807) is 17.9 Å². The number of phenols is 1. The van der Waals surface area contributed by atoms with Gasteiger partial charge < -0.3 is 14.7 Å². The minimum Gasteiger partial charge on any atom is -0.508 e. The van der Waals surface area contributed by atoms with Gasteiger partial charge in [0.2, 0.25) is 0 Å². The number of hydrogen-bond donors (Lipinski definition) is 1. The molecule has 0 bridgehead atoms. The number of carbonyl (C=O) groups excluding carboxylic acids is 1. The van der Waals surface area contributed by atoms with Crippen molar-refractivity contribution >= 4 is 17.5 Å². The number of phenolic OH excluding ortho intramolecular Hbond substituents is 1. The van der Waals surface area contributed by atoms with E-state index in [0.717, 1.165) is 0 Å². The van der Waals surface area contributed by atoms with Crippen LogP contribution in [-0.2, 0) is 4.74 Å². The van der Waals surface area contributed by atoms with Crippen LogP contribution in [0.2, 0.25) is 5.02 Å². The van der Waals surface area contributed by atoms with Crippen molar-refractivity contribution in [3.63, 3.8) is 0 Å². The molecule has 17 heavy (non-hydrogen) atoms. The zero-order valence-electron chi connectivity index (χ0n) is 9.57. The fourth-order valence-electron chi connectivity index (χ4n) is 1.78. The monoisotopic (exact) mass is 255 g/mol. The van der Waals surface area contributed by atoms with Crippen LogP contribution in [0, 0.1) is 6.92 Å². The van der Waals surface area contributed by atoms with Gasteiger partial charge in [-0.2, -0.15) is 0 Å². The summed E-state index contributed by atoms with van der Waals surface area (Å²) < 4.78 is 5.19. The van der Waals surface area contributed by atoms with Crippen LogP contribution in [0.1, 0.15) is 15.9 Å². The SMILES string of the molecule is Cc1c(O)ccc(C(=O)N2CCOCC2)c1Cl. The van der Waals surface area contributed by atoms with E-state index in [1.165, 1.54) is 6.07 Å². The largest absolute Gasteiger partial charge is 0.508 e. The molecule has 1 heterocycles. The Balaban J connectivity index is 2.27. The minimum absolute atomic E-state index is 0.105. The Morgan fingerprint density at radius 2 is 2.06 bits per heavy atom. The van der Waals surface area contributed by atoms with E-state index in [1.807, 2.05) is 0 Å². The fourth-order valence-corrected chi connectivity index (χ4v) is 2.02. The van der Waals surface area contributed by atoms with Crippen LogP contribution in [0.4, 0.5) is 0 Å². The van der Waals surface area contributed by atoms with Gasteiger partial charge in [-0.25, -0.2) is 0 Å². The van der Waals surface area contributed by atoms with Crippen LogP contribution in [-0.4, -0.2) is 42.2 Å². The highest BCUT2D eigenvalue weighted by Crippen LogP contribution is 2.29. The maximum absolute atomic E-state index is 12.2. The van der Waals surface area contributed by atoms with Crippen molar-refractivity contribution in [2.75, 3.05) is 26.3 Å². The topological polar surface area (TPSA) is 49.8 Å². The summed E-state index contributed by atoms with van der Waals surface area (Å²) in [5.41, 5.74) is 0.967. The van der Waals surface area contributed by atoms with Gasteiger partial charge in [-0.1, -0.05) is 11.6 Å². The van der Waals surface area contributed by atoms with E-state index in [-0.39, 0.29) is 11.7 Å². The summed E-state index contributed by atoms with van der Waals surface area (Å²) in [5, 5.41) is 9.81. The van der Waals surface area contributed by atoms with Gasteiger partial charge in [0.25, 0.3) is 5.91 Å². The quantitative estimate of drug-likeness (QED) is 0.833. The zero-order chi connectivity index (χ0) is 12.4. The predicted octanol–water partition coefficient (Wildman–Crippen LogP) is 1.83. The molecular formula is C12H14ClNO3. The Hall–Kier alpha value is -1.26. The normalized spacial score (nSPS) is 16.0. The summed E-state index contributed by atoms with van der Waals surface area (Å²) in [6.45, 7) is 3.96. The molecule has 1 N–H and O–H groups in total. The van der Waals surface area contributed by atoms with E-state index in [4.69, 9.17) is 16.3 Å². The molecule has 1 aromatic rings. The van der Waals surface area contributed by atoms with Gasteiger partial charge in [0.1, 0.15) is 5.75 Å². The molecule has 4 nitrogen and oxygen atoms in total. The second-order valence-corrected chi connectivity index (χ2v) is 4.35. The van der Waals surface area contributed by atoms with Gasteiger partial charge in [-0.3, -0.25) is 4.79 Å². The molecule has 1 aliphatic heterocycles. The van der Waals surface area contributed by atoms with Gasteiger partial charge in [-0.15, -0.1) is 0 Å². The third-order valence-corrected chi connectivity index (χ3v) is 3.37. The standard InChI is InChI=1S/C12H14ClNO3/c1-8-10(15)3-2-9(11(8)13)12(16)14-4-6-17-7-5-14/h2-3,15H,4-7H2,1H3. The molecule has 2 rings (SSSR count). The third-order valence-electron chi connectivity index (χ3n) is 2.89. The smallest absolute Gasteiger partial charge is 0.255 e. The van der Waals surface area contributed by atoms with Crippen LogP contribution >= 0.6 is 11.6 Å². The Kier molecular flexibility index (Phi) is 3.54. The van der Waals surface area contributed by atoms with Crippen LogP contribution < -0.4 is 0 Å². The number of rotatable bonds is 1. The molecular weight excluding hydrogens is 242 g/mol. The maximum Gasteiger partial charge on any atom is 0.255 e. The molecule has 1 fully saturated rings. The van der Waals surface area contributed by atoms with E-state index in [2.05, 4.69) is 0 Å². The second-order valence-electron chi connectivity index (χ2n) is 3.98. The van der Waals surface area contributed by atoms with Crippen molar-refractivity contribution in [2.24, 2.45) is 0 Å². The van der Waals surface area contributed by atoms with Crippen molar-refractivity contribution in [3.8, 4) is 5.75 Å². The number of nitrogens with zero attached hydrogens (tertiary/aromatic N) is 1. The highest BCUT2D eigenvalue weighted by molar-refractivity contribution is 6.34. The average Bonchev–Trinajstić information content (AvgIpc) is 2.36. The zero-order valence-corrected chi connectivity index (χ0v) is 10.3. The minimum atomic E-state index is -0.110. The van der Waals surface area contributed by atoms with Gasteiger partial charge in [0.15, 0.2) is 0 Å². The second kappa shape index (κ2) is 4.94. The highest BCUT2D eigenvalue weighted by Gasteiger charge is 2.21. The van der Waals surface area contributed by atoms with Crippen LogP contribution in [0.3, 0.4) is 0 Å². The molecule has 0 radical (unpaired) electrons. The summed E-state index contributed by atoms with van der Waals surface area (Å²) >= 11 is 6.07. The molecule has 1 aliphatic rings. The highest BCUT2D eigenvalue weighted by atomic mass is 35.5. The molecule has 0 aromatic heterocycles. The lowest BCUT2D eigenvalue weighted by atomic mass is 10.1. The number of halogens is 1. The molecule has 1 aromatic carbocycles. The first-order chi connectivity index (χ1) is 8.11. The molecule has 0 saturated carbocycles. The number of benzene rings is 1. The van der Waals surface area contributed by atoms with Gasteiger partial charge in [0, 0.05) is 18.7 Å². The first-order valence-corrected chi connectivity index (χ1v) is 5.84. The lowest BCUT2D eigenvalue weighted by molar-refractivity contribution is 0.0303. The number of ether oxygens (including phenoxy) is 1. The van der Waals surface area contributed by atoms with Crippen molar-refractivity contribution in [3.05, 3.63) is 28.3 Å². The fraction of sp³-hybridized carbons (Fsp3) is 0.417. The van der Waals surface area contributed by atoms with Crippen LogP contribution in [0.25, 0.3) is 0 Å². The predicted molar refractivity (Wildman–Crippen MR) is 64.6 cm³/mol. The molecule has 1 amide bonds. The van der Waals surface area contributed by atoms with E-state index in [9.17, 15) is 9.90 Å². The third kappa shape index (κ3) is 2.37. The van der Waals surface area contributed by atoms with E-state index >= 15 is 0 Å². The average molecular weight is 256 g/mol. The number of carbonyl (C=O) groups is 1. The lowest BCUT2D eigenvalue weighted by Gasteiger charge is -2.27. The molecule has 5 heteroatoms. The first kappa shape index (κ1) is 12.2. The summed E-state index contributed by atoms with van der Waals surface area (Å²) in [4.78, 5) is 13.9. The summed E-state index contributed by atoms with van der Waals surface area (Å²) in [6, 6.07) is 3.05. The van der Waals surface area contributed by atoms with Crippen molar-refractivity contribution in [1.29, 1.82) is 0 Å². The van der Waals surface area contributed by atoms with E-state index in [0.29, 0.717) is 42.5 Å².